The van der Waals surface area contributed by atoms with Crippen LogP contribution in [0.3, 0.4) is 0 Å². The molecule has 0 fully saturated rings. The lowest BCUT2D eigenvalue weighted by Gasteiger charge is -2.26. The van der Waals surface area contributed by atoms with Gasteiger partial charge in [-0.15, -0.1) is 0 Å². The first-order valence-corrected chi connectivity index (χ1v) is 8.42. The lowest BCUT2D eigenvalue weighted by atomic mass is 9.81. The topological polar surface area (TPSA) is 26.3 Å². The van der Waals surface area contributed by atoms with Crippen molar-refractivity contribution >= 4 is 5.97 Å². The average molecular weight is 324 g/mol. The highest BCUT2D eigenvalue weighted by atomic mass is 16.5. The summed E-state index contributed by atoms with van der Waals surface area (Å²) in [7, 11) is 0. The molecule has 0 bridgehead atoms. The Morgan fingerprint density at radius 1 is 0.875 bits per heavy atom. The summed E-state index contributed by atoms with van der Waals surface area (Å²) >= 11 is 0. The van der Waals surface area contributed by atoms with Crippen molar-refractivity contribution in [2.45, 2.75) is 59.3 Å². The number of rotatable bonds is 2. The first kappa shape index (κ1) is 18.3. The van der Waals surface area contributed by atoms with Gasteiger partial charge in [0, 0.05) is 5.56 Å². The highest BCUT2D eigenvalue weighted by molar-refractivity contribution is 5.91. The fourth-order valence-electron chi connectivity index (χ4n) is 2.62. The minimum atomic E-state index is -0.310. The quantitative estimate of drug-likeness (QED) is 0.515. The van der Waals surface area contributed by atoms with E-state index in [9.17, 15) is 4.79 Å². The number of benzene rings is 2. The molecule has 0 aliphatic heterocycles. The third-order valence-corrected chi connectivity index (χ3v) is 4.11. The van der Waals surface area contributed by atoms with E-state index in [2.05, 4.69) is 53.7 Å². The summed E-state index contributed by atoms with van der Waals surface area (Å²) in [4.78, 5) is 12.6. The van der Waals surface area contributed by atoms with Crippen LogP contribution in [0, 0.1) is 6.92 Å². The van der Waals surface area contributed by atoms with Crippen LogP contribution < -0.4 is 4.74 Å². The largest absolute Gasteiger partial charge is 0.423 e. The van der Waals surface area contributed by atoms with Crippen LogP contribution in [0.1, 0.15) is 68.6 Å². The number of ether oxygens (including phenoxy) is 1. The summed E-state index contributed by atoms with van der Waals surface area (Å²) in [5.41, 5.74) is 3.72. The second kappa shape index (κ2) is 6.43. The van der Waals surface area contributed by atoms with Crippen LogP contribution in [0.2, 0.25) is 0 Å². The first-order valence-electron chi connectivity index (χ1n) is 8.42. The standard InChI is InChI=1S/C22H28O2/c1-15-9-8-10-16(13-15)20(23)24-19-14-17(21(2,3)4)11-12-18(19)22(5,6)7/h8-14H,1-7H3. The fraction of sp³-hybridized carbons (Fsp3) is 0.409. The normalized spacial score (nSPS) is 12.1. The lowest BCUT2D eigenvalue weighted by molar-refractivity contribution is 0.0731. The predicted molar refractivity (Wildman–Crippen MR) is 100.0 cm³/mol. The summed E-state index contributed by atoms with van der Waals surface area (Å²) in [5.74, 6) is 0.344. The van der Waals surface area contributed by atoms with Gasteiger partial charge in [0.15, 0.2) is 0 Å². The molecule has 2 heteroatoms. The zero-order valence-corrected chi connectivity index (χ0v) is 15.9. The van der Waals surface area contributed by atoms with E-state index in [4.69, 9.17) is 4.74 Å². The number of aryl methyl sites for hydroxylation is 1. The highest BCUT2D eigenvalue weighted by Gasteiger charge is 2.24. The van der Waals surface area contributed by atoms with Gasteiger partial charge in [0.1, 0.15) is 5.75 Å². The van der Waals surface area contributed by atoms with Crippen LogP contribution in [0.15, 0.2) is 42.5 Å². The predicted octanol–water partition coefficient (Wildman–Crippen LogP) is 5.81. The number of carbonyl (C=O) groups excluding carboxylic acids is 1. The molecule has 0 unspecified atom stereocenters. The Morgan fingerprint density at radius 2 is 1.54 bits per heavy atom. The molecule has 2 aromatic rings. The number of hydrogen-bond donors (Lipinski definition) is 0. The minimum absolute atomic E-state index is 0.000900. The van der Waals surface area contributed by atoms with Gasteiger partial charge in [-0.3, -0.25) is 0 Å². The van der Waals surface area contributed by atoms with Crippen LogP contribution in [0.4, 0.5) is 0 Å². The number of esters is 1. The van der Waals surface area contributed by atoms with Gasteiger partial charge in [-0.05, 0) is 41.5 Å². The Labute approximate surface area is 145 Å². The van der Waals surface area contributed by atoms with E-state index in [-0.39, 0.29) is 16.8 Å². The van der Waals surface area contributed by atoms with Crippen molar-refractivity contribution in [3.8, 4) is 5.75 Å². The molecule has 24 heavy (non-hydrogen) atoms. The number of carbonyl (C=O) groups is 1. The Morgan fingerprint density at radius 3 is 2.08 bits per heavy atom. The number of hydrogen-bond acceptors (Lipinski definition) is 2. The summed E-state index contributed by atoms with van der Waals surface area (Å²) in [6, 6.07) is 13.7. The molecule has 2 nitrogen and oxygen atoms in total. The van der Waals surface area contributed by atoms with E-state index in [0.717, 1.165) is 16.7 Å². The maximum Gasteiger partial charge on any atom is 0.343 e. The summed E-state index contributed by atoms with van der Waals surface area (Å²) in [5, 5.41) is 0. The molecule has 0 atom stereocenters. The van der Waals surface area contributed by atoms with Gasteiger partial charge >= 0.3 is 5.97 Å². The highest BCUT2D eigenvalue weighted by Crippen LogP contribution is 2.35. The van der Waals surface area contributed by atoms with Crippen molar-refractivity contribution < 1.29 is 9.53 Å². The third-order valence-electron chi connectivity index (χ3n) is 4.11. The van der Waals surface area contributed by atoms with Gasteiger partial charge < -0.3 is 4.74 Å². The van der Waals surface area contributed by atoms with Crippen molar-refractivity contribution in [1.82, 2.24) is 0 Å². The molecule has 0 saturated carbocycles. The van der Waals surface area contributed by atoms with Crippen molar-refractivity contribution in [3.05, 3.63) is 64.7 Å². The van der Waals surface area contributed by atoms with E-state index in [0.29, 0.717) is 11.3 Å². The molecular weight excluding hydrogens is 296 g/mol. The molecule has 0 saturated heterocycles. The molecule has 0 aliphatic carbocycles. The van der Waals surface area contributed by atoms with Crippen molar-refractivity contribution in [2.24, 2.45) is 0 Å². The van der Waals surface area contributed by atoms with E-state index in [1.54, 1.807) is 6.07 Å². The molecule has 2 aromatic carbocycles. The fourth-order valence-corrected chi connectivity index (χ4v) is 2.62. The molecule has 0 N–H and O–H groups in total. The second-order valence-electron chi connectivity index (χ2n) is 8.47. The van der Waals surface area contributed by atoms with Gasteiger partial charge in [-0.25, -0.2) is 4.79 Å². The van der Waals surface area contributed by atoms with Crippen LogP contribution in [0.25, 0.3) is 0 Å². The smallest absolute Gasteiger partial charge is 0.343 e. The molecule has 0 aliphatic rings. The van der Waals surface area contributed by atoms with Crippen LogP contribution in [-0.2, 0) is 10.8 Å². The first-order chi connectivity index (χ1) is 11.0. The van der Waals surface area contributed by atoms with Gasteiger partial charge in [0.2, 0.25) is 0 Å². The Kier molecular flexibility index (Phi) is 4.89. The molecule has 0 aromatic heterocycles. The molecule has 2 rings (SSSR count). The zero-order chi connectivity index (χ0) is 18.1. The molecular formula is C22H28O2. The molecule has 0 heterocycles. The Bertz CT molecular complexity index is 743. The maximum absolute atomic E-state index is 12.6. The molecule has 0 spiro atoms. The van der Waals surface area contributed by atoms with E-state index >= 15 is 0 Å². The molecule has 0 radical (unpaired) electrons. The SMILES string of the molecule is Cc1cccc(C(=O)Oc2cc(C(C)(C)C)ccc2C(C)(C)C)c1. The zero-order valence-electron chi connectivity index (χ0n) is 15.9. The van der Waals surface area contributed by atoms with Crippen molar-refractivity contribution in [1.29, 1.82) is 0 Å². The Hall–Kier alpha value is -2.09. The van der Waals surface area contributed by atoms with Crippen LogP contribution in [-0.4, -0.2) is 5.97 Å². The Balaban J connectivity index is 2.45. The van der Waals surface area contributed by atoms with E-state index < -0.39 is 0 Å². The van der Waals surface area contributed by atoms with Crippen molar-refractivity contribution in [2.75, 3.05) is 0 Å². The summed E-state index contributed by atoms with van der Waals surface area (Å²) in [6.45, 7) is 14.8. The second-order valence-corrected chi connectivity index (χ2v) is 8.47. The van der Waals surface area contributed by atoms with Crippen LogP contribution >= 0.6 is 0 Å². The monoisotopic (exact) mass is 324 g/mol. The molecule has 128 valence electrons. The summed E-state index contributed by atoms with van der Waals surface area (Å²) in [6.07, 6.45) is 0. The van der Waals surface area contributed by atoms with Gasteiger partial charge in [-0.2, -0.15) is 0 Å². The van der Waals surface area contributed by atoms with Gasteiger partial charge in [0.25, 0.3) is 0 Å². The van der Waals surface area contributed by atoms with Gasteiger partial charge in [-0.1, -0.05) is 71.4 Å². The maximum atomic E-state index is 12.6. The third kappa shape index (κ3) is 4.25. The minimum Gasteiger partial charge on any atom is -0.423 e. The van der Waals surface area contributed by atoms with Gasteiger partial charge in [0.05, 0.1) is 5.56 Å². The lowest BCUT2D eigenvalue weighted by Crippen LogP contribution is -2.19. The van der Waals surface area contributed by atoms with E-state index in [1.165, 1.54) is 0 Å². The van der Waals surface area contributed by atoms with Crippen LogP contribution in [0.5, 0.6) is 5.75 Å². The van der Waals surface area contributed by atoms with Crippen molar-refractivity contribution in [3.63, 3.8) is 0 Å². The average Bonchev–Trinajstić information content (AvgIpc) is 2.45. The molecule has 0 amide bonds. The van der Waals surface area contributed by atoms with E-state index in [1.807, 2.05) is 31.2 Å². The summed E-state index contributed by atoms with van der Waals surface area (Å²) < 4.78 is 5.81.